The molecule has 0 aliphatic carbocycles. The van der Waals surface area contributed by atoms with Crippen molar-refractivity contribution in [1.29, 1.82) is 0 Å². The lowest BCUT2D eigenvalue weighted by molar-refractivity contribution is -0.121. The number of aryl methyl sites for hydroxylation is 1. The van der Waals surface area contributed by atoms with Crippen LogP contribution in [-0.4, -0.2) is 62.0 Å². The smallest absolute Gasteiger partial charge is 0.220 e. The molecule has 2 aromatic carbocycles. The Kier molecular flexibility index (Phi) is 10.1. The molecule has 2 heterocycles. The fourth-order valence-corrected chi connectivity index (χ4v) is 5.60. The zero-order chi connectivity index (χ0) is 26.9. The average molecular weight is 533 g/mol. The second-order valence-corrected chi connectivity index (χ2v) is 11.0. The Morgan fingerprint density at radius 2 is 1.89 bits per heavy atom. The van der Waals surface area contributed by atoms with E-state index in [9.17, 15) is 4.79 Å². The van der Waals surface area contributed by atoms with E-state index in [2.05, 4.69) is 89.1 Å². The lowest BCUT2D eigenvalue weighted by Gasteiger charge is -2.19. The Labute approximate surface area is 230 Å². The first kappa shape index (κ1) is 28.0. The van der Waals surface area contributed by atoms with Crippen molar-refractivity contribution < 1.29 is 4.79 Å². The highest BCUT2D eigenvalue weighted by Gasteiger charge is 2.15. The molecule has 1 atom stereocenters. The van der Waals surface area contributed by atoms with Crippen molar-refractivity contribution in [3.05, 3.63) is 59.7 Å². The molecule has 38 heavy (non-hydrogen) atoms. The van der Waals surface area contributed by atoms with E-state index in [1.165, 1.54) is 11.1 Å². The van der Waals surface area contributed by atoms with Crippen LogP contribution in [0.15, 0.2) is 53.7 Å². The van der Waals surface area contributed by atoms with Gasteiger partial charge in [-0.2, -0.15) is 0 Å². The first-order valence-corrected chi connectivity index (χ1v) is 14.8. The first-order valence-electron chi connectivity index (χ1n) is 13.8. The van der Waals surface area contributed by atoms with Gasteiger partial charge in [-0.25, -0.2) is 4.98 Å². The lowest BCUT2D eigenvalue weighted by atomic mass is 10.1. The van der Waals surface area contributed by atoms with E-state index >= 15 is 0 Å². The Morgan fingerprint density at radius 1 is 1.08 bits per heavy atom. The number of nitrogens with one attached hydrogen (secondary N) is 1. The largest absolute Gasteiger partial charge is 0.354 e. The molecule has 0 aliphatic heterocycles. The fraction of sp³-hybridized carbons (Fsp3) is 0.467. The molecule has 4 aromatic rings. The van der Waals surface area contributed by atoms with Crippen LogP contribution in [0.4, 0.5) is 0 Å². The van der Waals surface area contributed by atoms with E-state index in [1.54, 1.807) is 11.8 Å². The second kappa shape index (κ2) is 13.7. The van der Waals surface area contributed by atoms with Crippen LogP contribution < -0.4 is 5.32 Å². The maximum atomic E-state index is 12.4. The Morgan fingerprint density at radius 3 is 2.68 bits per heavy atom. The molecule has 8 heteroatoms. The van der Waals surface area contributed by atoms with Gasteiger partial charge in [-0.3, -0.25) is 4.79 Å². The van der Waals surface area contributed by atoms with Crippen molar-refractivity contribution in [1.82, 2.24) is 30.0 Å². The van der Waals surface area contributed by atoms with Crippen LogP contribution in [0.2, 0.25) is 0 Å². The molecule has 0 bridgehead atoms. The number of aromatic nitrogens is 4. The Bertz CT molecular complexity index is 1350. The number of rotatable bonds is 14. The first-order chi connectivity index (χ1) is 18.5. The number of fused-ring (bicyclic) bond motifs is 3. The van der Waals surface area contributed by atoms with Gasteiger partial charge in [0.05, 0.1) is 5.52 Å². The molecule has 202 valence electrons. The number of thioether (sulfide) groups is 1. The summed E-state index contributed by atoms with van der Waals surface area (Å²) >= 11 is 1.56. The normalized spacial score (nSPS) is 12.4. The van der Waals surface area contributed by atoms with Crippen LogP contribution in [0.1, 0.15) is 57.6 Å². The summed E-state index contributed by atoms with van der Waals surface area (Å²) in [4.78, 5) is 19.7. The van der Waals surface area contributed by atoms with Gasteiger partial charge in [0, 0.05) is 30.1 Å². The summed E-state index contributed by atoms with van der Waals surface area (Å²) in [6.45, 7) is 12.6. The molecule has 0 saturated heterocycles. The monoisotopic (exact) mass is 532 g/mol. The van der Waals surface area contributed by atoms with Crippen LogP contribution in [-0.2, 0) is 11.3 Å². The molecule has 7 nitrogen and oxygen atoms in total. The van der Waals surface area contributed by atoms with E-state index in [0.717, 1.165) is 73.3 Å². The summed E-state index contributed by atoms with van der Waals surface area (Å²) in [6.07, 6.45) is 3.40. The summed E-state index contributed by atoms with van der Waals surface area (Å²) in [5.74, 6) is 0.892. The minimum atomic E-state index is 0.119. The minimum Gasteiger partial charge on any atom is -0.354 e. The van der Waals surface area contributed by atoms with Crippen molar-refractivity contribution in [2.75, 3.05) is 25.4 Å². The van der Waals surface area contributed by atoms with Crippen molar-refractivity contribution >= 4 is 39.7 Å². The van der Waals surface area contributed by atoms with Crippen molar-refractivity contribution in [2.45, 2.75) is 71.1 Å². The van der Waals surface area contributed by atoms with Gasteiger partial charge in [0.2, 0.25) is 11.1 Å². The molecular weight excluding hydrogens is 492 g/mol. The van der Waals surface area contributed by atoms with Gasteiger partial charge in [-0.1, -0.05) is 73.6 Å². The van der Waals surface area contributed by atoms with Gasteiger partial charge >= 0.3 is 0 Å². The van der Waals surface area contributed by atoms with Crippen LogP contribution in [0.5, 0.6) is 0 Å². The second-order valence-electron chi connectivity index (χ2n) is 9.95. The zero-order valence-electron chi connectivity index (χ0n) is 23.1. The minimum absolute atomic E-state index is 0.119. The molecule has 0 fully saturated rings. The molecular formula is C30H40N6OS. The maximum Gasteiger partial charge on any atom is 0.220 e. The topological polar surface area (TPSA) is 75.9 Å². The van der Waals surface area contributed by atoms with E-state index in [1.807, 2.05) is 12.1 Å². The number of carbonyl (C=O) groups is 1. The van der Waals surface area contributed by atoms with E-state index < -0.39 is 0 Å². The van der Waals surface area contributed by atoms with Gasteiger partial charge in [-0.05, 0) is 64.4 Å². The third-order valence-electron chi connectivity index (χ3n) is 6.97. The van der Waals surface area contributed by atoms with Crippen LogP contribution in [0, 0.1) is 6.92 Å². The predicted octanol–water partition coefficient (Wildman–Crippen LogP) is 5.84. The molecule has 1 amide bonds. The quantitative estimate of drug-likeness (QED) is 0.163. The third-order valence-corrected chi connectivity index (χ3v) is 7.89. The lowest BCUT2D eigenvalue weighted by Crippen LogP contribution is -2.33. The van der Waals surface area contributed by atoms with E-state index in [0.29, 0.717) is 11.6 Å². The van der Waals surface area contributed by atoms with Gasteiger partial charge < -0.3 is 14.8 Å². The summed E-state index contributed by atoms with van der Waals surface area (Å²) < 4.78 is 2.23. The number of para-hydroxylation sites is 1. The van der Waals surface area contributed by atoms with Gasteiger partial charge in [0.25, 0.3) is 0 Å². The van der Waals surface area contributed by atoms with E-state index in [-0.39, 0.29) is 11.9 Å². The zero-order valence-corrected chi connectivity index (χ0v) is 23.9. The van der Waals surface area contributed by atoms with Crippen LogP contribution in [0.3, 0.4) is 0 Å². The molecule has 1 unspecified atom stereocenters. The Balaban J connectivity index is 1.33. The van der Waals surface area contributed by atoms with Crippen LogP contribution >= 0.6 is 11.8 Å². The van der Waals surface area contributed by atoms with Crippen LogP contribution in [0.25, 0.3) is 22.1 Å². The SMILES string of the molecule is CCN(CC)CCCC(C)NC(=O)CCCSc1nnc2c3ccccc3n(Cc3cccc(C)c3)c2n1. The molecule has 0 saturated carbocycles. The standard InChI is InChI=1S/C30H40N6OS/c1-5-35(6-2)18-10-13-23(4)31-27(37)17-11-19-38-30-32-29-28(33-34-30)25-15-7-8-16-26(25)36(29)21-24-14-9-12-22(3)20-24/h7-9,12,14-16,20,23H,5-6,10-11,13,17-19,21H2,1-4H3,(H,31,37). The summed E-state index contributed by atoms with van der Waals surface area (Å²) in [5, 5.41) is 13.8. The summed E-state index contributed by atoms with van der Waals surface area (Å²) in [6, 6.07) is 17.0. The third kappa shape index (κ3) is 7.32. The molecule has 0 spiro atoms. The molecule has 2 aromatic heterocycles. The number of carbonyl (C=O) groups excluding carboxylic acids is 1. The summed E-state index contributed by atoms with van der Waals surface area (Å²) in [7, 11) is 0. The van der Waals surface area contributed by atoms with Crippen molar-refractivity contribution in [2.24, 2.45) is 0 Å². The fourth-order valence-electron chi connectivity index (χ4n) is 4.88. The number of hydrogen-bond acceptors (Lipinski definition) is 6. The van der Waals surface area contributed by atoms with Gasteiger partial charge in [-0.15, -0.1) is 10.2 Å². The van der Waals surface area contributed by atoms with Crippen molar-refractivity contribution in [3.63, 3.8) is 0 Å². The molecule has 1 N–H and O–H groups in total. The molecule has 0 radical (unpaired) electrons. The number of benzene rings is 2. The highest BCUT2D eigenvalue weighted by molar-refractivity contribution is 7.99. The van der Waals surface area contributed by atoms with E-state index in [4.69, 9.17) is 4.98 Å². The van der Waals surface area contributed by atoms with Crippen molar-refractivity contribution in [3.8, 4) is 0 Å². The average Bonchev–Trinajstić information content (AvgIpc) is 3.22. The Hall–Kier alpha value is -2.97. The molecule has 0 aliphatic rings. The maximum absolute atomic E-state index is 12.4. The van der Waals surface area contributed by atoms with Gasteiger partial charge in [0.15, 0.2) is 5.65 Å². The number of hydrogen-bond donors (Lipinski definition) is 1. The predicted molar refractivity (Wildman–Crippen MR) is 158 cm³/mol. The number of nitrogens with zero attached hydrogens (tertiary/aromatic N) is 5. The number of amides is 1. The van der Waals surface area contributed by atoms with Gasteiger partial charge in [0.1, 0.15) is 5.52 Å². The molecule has 4 rings (SSSR count). The summed E-state index contributed by atoms with van der Waals surface area (Å²) in [5.41, 5.74) is 5.25. The highest BCUT2D eigenvalue weighted by atomic mass is 32.2. The highest BCUT2D eigenvalue weighted by Crippen LogP contribution is 2.28.